The van der Waals surface area contributed by atoms with Crippen molar-refractivity contribution in [1.82, 2.24) is 5.32 Å². The Labute approximate surface area is 257 Å². The van der Waals surface area contributed by atoms with Gasteiger partial charge in [-0.05, 0) is 78.7 Å². The van der Waals surface area contributed by atoms with Gasteiger partial charge in [-0.1, -0.05) is 71.2 Å². The van der Waals surface area contributed by atoms with E-state index in [0.717, 1.165) is 10.5 Å². The van der Waals surface area contributed by atoms with Gasteiger partial charge in [0, 0.05) is 36.9 Å². The van der Waals surface area contributed by atoms with Gasteiger partial charge < -0.3 is 16.0 Å². The van der Waals surface area contributed by atoms with Crippen molar-refractivity contribution in [2.45, 2.75) is 11.8 Å². The van der Waals surface area contributed by atoms with E-state index in [9.17, 15) is 14.4 Å². The van der Waals surface area contributed by atoms with E-state index in [-0.39, 0.29) is 17.4 Å². The second-order valence-electron chi connectivity index (χ2n) is 8.82. The maximum absolute atomic E-state index is 13.4. The summed E-state index contributed by atoms with van der Waals surface area (Å²) in [5.74, 6) is -1.06. The van der Waals surface area contributed by atoms with Gasteiger partial charge in [-0.15, -0.1) is 11.8 Å². The lowest BCUT2D eigenvalue weighted by molar-refractivity contribution is -0.114. The molecule has 0 spiro atoms. The molecular formula is C31H24Cl3N3O3S. The summed E-state index contributed by atoms with van der Waals surface area (Å²) in [6, 6.07) is 25.7. The highest BCUT2D eigenvalue weighted by Crippen LogP contribution is 2.26. The topological polar surface area (TPSA) is 87.3 Å². The molecular weight excluding hydrogens is 601 g/mol. The molecule has 0 heterocycles. The number of hydrogen-bond donors (Lipinski definition) is 3. The molecule has 0 aromatic heterocycles. The van der Waals surface area contributed by atoms with Crippen LogP contribution in [0, 0.1) is 6.92 Å². The summed E-state index contributed by atoms with van der Waals surface area (Å²) in [5, 5.41) is 9.66. The molecule has 0 bridgehead atoms. The van der Waals surface area contributed by atoms with Crippen LogP contribution in [0.1, 0.15) is 21.5 Å². The van der Waals surface area contributed by atoms with Crippen molar-refractivity contribution in [1.29, 1.82) is 0 Å². The van der Waals surface area contributed by atoms with E-state index in [2.05, 4.69) is 16.0 Å². The smallest absolute Gasteiger partial charge is 0.272 e. The summed E-state index contributed by atoms with van der Waals surface area (Å²) < 4.78 is 0. The van der Waals surface area contributed by atoms with Gasteiger partial charge in [-0.2, -0.15) is 0 Å². The molecule has 4 aromatic carbocycles. The molecule has 0 atom stereocenters. The van der Waals surface area contributed by atoms with Crippen LogP contribution in [0.5, 0.6) is 0 Å². The molecule has 0 aliphatic carbocycles. The predicted molar refractivity (Wildman–Crippen MR) is 169 cm³/mol. The highest BCUT2D eigenvalue weighted by Gasteiger charge is 2.16. The monoisotopic (exact) mass is 623 g/mol. The van der Waals surface area contributed by atoms with Crippen LogP contribution in [0.25, 0.3) is 6.08 Å². The standard InChI is InChI=1S/C31H24Cl3N3O3S/c1-19-10-12-23(33)16-27(19)36-29(38)18-41-25-9-5-8-24(17-25)35-31(40)28(14-21-11-13-22(32)15-26(21)34)37-30(39)20-6-3-2-4-7-20/h2-17H,18H2,1H3,(H,35,40)(H,36,38)(H,37,39)/b28-14+. The summed E-state index contributed by atoms with van der Waals surface area (Å²) in [4.78, 5) is 39.5. The Hall–Kier alpha value is -3.75. The van der Waals surface area contributed by atoms with Crippen molar-refractivity contribution < 1.29 is 14.4 Å². The Kier molecular flexibility index (Phi) is 10.5. The zero-order chi connectivity index (χ0) is 29.4. The first kappa shape index (κ1) is 30.2. The van der Waals surface area contributed by atoms with Crippen LogP contribution in [-0.4, -0.2) is 23.5 Å². The minimum absolute atomic E-state index is 0.0163. The highest BCUT2D eigenvalue weighted by atomic mass is 35.5. The van der Waals surface area contributed by atoms with E-state index in [0.29, 0.717) is 37.6 Å². The Morgan fingerprint density at radius 1 is 0.805 bits per heavy atom. The molecule has 0 aliphatic rings. The fraction of sp³-hybridized carbons (Fsp3) is 0.0645. The van der Waals surface area contributed by atoms with E-state index < -0.39 is 11.8 Å². The lowest BCUT2D eigenvalue weighted by Crippen LogP contribution is -2.30. The Balaban J connectivity index is 1.47. The van der Waals surface area contributed by atoms with Gasteiger partial charge in [-0.25, -0.2) is 0 Å². The fourth-order valence-electron chi connectivity index (χ4n) is 3.64. The predicted octanol–water partition coefficient (Wildman–Crippen LogP) is 8.10. The third kappa shape index (κ3) is 8.87. The highest BCUT2D eigenvalue weighted by molar-refractivity contribution is 8.00. The third-order valence-corrected chi connectivity index (χ3v) is 7.52. The normalized spacial score (nSPS) is 11.1. The largest absolute Gasteiger partial charge is 0.325 e. The molecule has 0 saturated heterocycles. The summed E-state index contributed by atoms with van der Waals surface area (Å²) in [5.41, 5.74) is 2.91. The average Bonchev–Trinajstić information content (AvgIpc) is 2.95. The summed E-state index contributed by atoms with van der Waals surface area (Å²) >= 11 is 19.7. The van der Waals surface area contributed by atoms with Gasteiger partial charge >= 0.3 is 0 Å². The Morgan fingerprint density at radius 2 is 1.54 bits per heavy atom. The van der Waals surface area contributed by atoms with Crippen molar-refractivity contribution in [2.24, 2.45) is 0 Å². The van der Waals surface area contributed by atoms with E-state index in [4.69, 9.17) is 34.8 Å². The minimum Gasteiger partial charge on any atom is -0.325 e. The molecule has 0 fully saturated rings. The molecule has 0 aliphatic heterocycles. The molecule has 6 nitrogen and oxygen atoms in total. The zero-order valence-electron chi connectivity index (χ0n) is 21.7. The van der Waals surface area contributed by atoms with Crippen LogP contribution in [0.4, 0.5) is 11.4 Å². The van der Waals surface area contributed by atoms with Crippen molar-refractivity contribution >= 4 is 81.7 Å². The number of thioether (sulfide) groups is 1. The lowest BCUT2D eigenvalue weighted by atomic mass is 10.1. The number of halogens is 3. The Bertz CT molecular complexity index is 1630. The van der Waals surface area contributed by atoms with Gasteiger partial charge in [-0.3, -0.25) is 14.4 Å². The maximum Gasteiger partial charge on any atom is 0.272 e. The quantitative estimate of drug-likeness (QED) is 0.130. The molecule has 208 valence electrons. The van der Waals surface area contributed by atoms with E-state index in [1.54, 1.807) is 78.9 Å². The van der Waals surface area contributed by atoms with Gasteiger partial charge in [0.05, 0.1) is 5.75 Å². The van der Waals surface area contributed by atoms with Gasteiger partial charge in [0.1, 0.15) is 5.70 Å². The molecule has 0 unspecified atom stereocenters. The maximum atomic E-state index is 13.4. The molecule has 4 rings (SSSR count). The zero-order valence-corrected chi connectivity index (χ0v) is 24.8. The number of carbonyl (C=O) groups is 3. The number of carbonyl (C=O) groups excluding carboxylic acids is 3. The number of aryl methyl sites for hydroxylation is 1. The molecule has 3 N–H and O–H groups in total. The van der Waals surface area contributed by atoms with Crippen molar-refractivity contribution in [3.63, 3.8) is 0 Å². The number of anilines is 2. The lowest BCUT2D eigenvalue weighted by Gasteiger charge is -2.13. The number of hydrogen-bond acceptors (Lipinski definition) is 4. The summed E-state index contributed by atoms with van der Waals surface area (Å²) in [6.45, 7) is 1.89. The molecule has 4 aromatic rings. The van der Waals surface area contributed by atoms with Crippen LogP contribution < -0.4 is 16.0 Å². The molecule has 0 radical (unpaired) electrons. The molecule has 3 amide bonds. The average molecular weight is 625 g/mol. The van der Waals surface area contributed by atoms with Crippen LogP contribution in [0.3, 0.4) is 0 Å². The first-order chi connectivity index (χ1) is 19.7. The van der Waals surface area contributed by atoms with E-state index >= 15 is 0 Å². The first-order valence-electron chi connectivity index (χ1n) is 12.3. The van der Waals surface area contributed by atoms with Crippen LogP contribution >= 0.6 is 46.6 Å². The Morgan fingerprint density at radius 3 is 2.29 bits per heavy atom. The fourth-order valence-corrected chi connectivity index (χ4v) is 5.03. The molecule has 41 heavy (non-hydrogen) atoms. The molecule has 10 heteroatoms. The van der Waals surface area contributed by atoms with Crippen LogP contribution in [0.15, 0.2) is 102 Å². The summed E-state index contributed by atoms with van der Waals surface area (Å²) in [7, 11) is 0. The first-order valence-corrected chi connectivity index (χ1v) is 14.4. The number of benzene rings is 4. The molecule has 0 saturated carbocycles. The third-order valence-electron chi connectivity index (χ3n) is 5.73. The summed E-state index contributed by atoms with van der Waals surface area (Å²) in [6.07, 6.45) is 1.48. The number of amides is 3. The van der Waals surface area contributed by atoms with Crippen LogP contribution in [-0.2, 0) is 9.59 Å². The second-order valence-corrected chi connectivity index (χ2v) is 11.2. The van der Waals surface area contributed by atoms with E-state index in [1.807, 2.05) is 19.1 Å². The van der Waals surface area contributed by atoms with Crippen molar-refractivity contribution in [3.05, 3.63) is 128 Å². The number of rotatable bonds is 9. The van der Waals surface area contributed by atoms with Crippen molar-refractivity contribution in [2.75, 3.05) is 16.4 Å². The minimum atomic E-state index is -0.559. The number of nitrogens with one attached hydrogen (secondary N) is 3. The second kappa shape index (κ2) is 14.2. The van der Waals surface area contributed by atoms with Crippen LogP contribution in [0.2, 0.25) is 15.1 Å². The SMILES string of the molecule is Cc1ccc(Cl)cc1NC(=O)CSc1cccc(NC(=O)/C(=C\c2ccc(Cl)cc2Cl)NC(=O)c2ccccc2)c1. The van der Waals surface area contributed by atoms with Gasteiger partial charge in [0.15, 0.2) is 0 Å². The van der Waals surface area contributed by atoms with Crippen molar-refractivity contribution in [3.8, 4) is 0 Å². The van der Waals surface area contributed by atoms with Gasteiger partial charge in [0.2, 0.25) is 5.91 Å². The van der Waals surface area contributed by atoms with E-state index in [1.165, 1.54) is 17.8 Å². The van der Waals surface area contributed by atoms with Gasteiger partial charge in [0.25, 0.3) is 11.8 Å².